The summed E-state index contributed by atoms with van der Waals surface area (Å²) in [6.07, 6.45) is 8.70. The maximum Gasteiger partial charge on any atom is 0.392 e. The van der Waals surface area contributed by atoms with Gasteiger partial charge in [-0.2, -0.15) is 0 Å². The zero-order valence-electron chi connectivity index (χ0n) is 14.6. The van der Waals surface area contributed by atoms with Crippen molar-refractivity contribution in [1.29, 1.82) is 0 Å². The molecule has 0 bridgehead atoms. The fourth-order valence-corrected chi connectivity index (χ4v) is 4.68. The van der Waals surface area contributed by atoms with Crippen LogP contribution in [0.5, 0.6) is 5.75 Å². The van der Waals surface area contributed by atoms with E-state index >= 15 is 0 Å². The Morgan fingerprint density at radius 1 is 0.833 bits per heavy atom. The van der Waals surface area contributed by atoms with Crippen LogP contribution >= 0.6 is 46.4 Å². The minimum Gasteiger partial charge on any atom is -0.518 e. The second kappa shape index (κ2) is 11.2. The summed E-state index contributed by atoms with van der Waals surface area (Å²) in [6, 6.07) is 1.51. The molecule has 2 nitrogen and oxygen atoms in total. The molecule has 7 heteroatoms. The van der Waals surface area contributed by atoms with Gasteiger partial charge in [0.2, 0.25) is 0 Å². The zero-order chi connectivity index (χ0) is 18.2. The second-order valence-electron chi connectivity index (χ2n) is 6.27. The standard InChI is InChI=1S/C17H26Cl4O2Si/c1-4-5-6-7-8-9-10-11-22-24(2,3)23-17-15(20)13(18)12-14(19)16(17)21/h12H,4-11H2,1-3H3. The molecule has 0 N–H and O–H groups in total. The average molecular weight is 432 g/mol. The van der Waals surface area contributed by atoms with Crippen molar-refractivity contribution < 1.29 is 8.85 Å². The highest BCUT2D eigenvalue weighted by atomic mass is 35.5. The number of hydrogen-bond donors (Lipinski definition) is 0. The molecule has 1 rings (SSSR count). The number of rotatable bonds is 11. The van der Waals surface area contributed by atoms with Crippen LogP contribution in [0.1, 0.15) is 51.9 Å². The smallest absolute Gasteiger partial charge is 0.392 e. The normalized spacial score (nSPS) is 11.8. The average Bonchev–Trinajstić information content (AvgIpc) is 2.52. The quantitative estimate of drug-likeness (QED) is 0.200. The van der Waals surface area contributed by atoms with Gasteiger partial charge in [-0.25, -0.2) is 0 Å². The molecular weight excluding hydrogens is 406 g/mol. The molecule has 138 valence electrons. The molecule has 0 saturated carbocycles. The minimum absolute atomic E-state index is 0.270. The van der Waals surface area contributed by atoms with Crippen molar-refractivity contribution in [3.05, 3.63) is 26.2 Å². The predicted octanol–water partition coefficient (Wildman–Crippen LogP) is 8.15. The molecule has 0 unspecified atom stereocenters. The van der Waals surface area contributed by atoms with E-state index in [4.69, 9.17) is 55.3 Å². The minimum atomic E-state index is -2.42. The SMILES string of the molecule is CCCCCCCCCO[Si](C)(C)Oc1c(Cl)c(Cl)cc(Cl)c1Cl. The highest BCUT2D eigenvalue weighted by molar-refractivity contribution is 6.65. The highest BCUT2D eigenvalue weighted by Crippen LogP contribution is 2.43. The van der Waals surface area contributed by atoms with Gasteiger partial charge in [-0.15, -0.1) is 0 Å². The van der Waals surface area contributed by atoms with Gasteiger partial charge in [-0.05, 0) is 25.6 Å². The van der Waals surface area contributed by atoms with Crippen LogP contribution in [0.15, 0.2) is 6.07 Å². The highest BCUT2D eigenvalue weighted by Gasteiger charge is 2.30. The van der Waals surface area contributed by atoms with Gasteiger partial charge in [-0.1, -0.05) is 91.9 Å². The van der Waals surface area contributed by atoms with Crippen LogP contribution in [0.3, 0.4) is 0 Å². The third-order valence-electron chi connectivity index (χ3n) is 3.62. The Kier molecular flexibility index (Phi) is 10.4. The molecule has 0 amide bonds. The number of unbranched alkanes of at least 4 members (excludes halogenated alkanes) is 6. The topological polar surface area (TPSA) is 18.5 Å². The summed E-state index contributed by atoms with van der Waals surface area (Å²) in [5.41, 5.74) is 0. The first kappa shape index (κ1) is 22.4. The van der Waals surface area contributed by atoms with Crippen LogP contribution < -0.4 is 4.43 Å². The van der Waals surface area contributed by atoms with E-state index in [-0.39, 0.29) is 10.0 Å². The van der Waals surface area contributed by atoms with Gasteiger partial charge >= 0.3 is 8.56 Å². The summed E-state index contributed by atoms with van der Waals surface area (Å²) < 4.78 is 11.9. The number of halogens is 4. The van der Waals surface area contributed by atoms with Crippen molar-refractivity contribution in [3.63, 3.8) is 0 Å². The van der Waals surface area contributed by atoms with E-state index in [1.54, 1.807) is 0 Å². The first-order valence-electron chi connectivity index (χ1n) is 8.44. The molecule has 24 heavy (non-hydrogen) atoms. The monoisotopic (exact) mass is 430 g/mol. The van der Waals surface area contributed by atoms with Gasteiger partial charge in [0.05, 0.1) is 10.0 Å². The van der Waals surface area contributed by atoms with Gasteiger partial charge in [0.25, 0.3) is 0 Å². The summed E-state index contributed by atoms with van der Waals surface area (Å²) in [7, 11) is -2.42. The van der Waals surface area contributed by atoms with Crippen LogP contribution in [0.25, 0.3) is 0 Å². The van der Waals surface area contributed by atoms with E-state index in [9.17, 15) is 0 Å². The molecule has 0 fully saturated rings. The van der Waals surface area contributed by atoms with Crippen LogP contribution in [-0.4, -0.2) is 15.2 Å². The third kappa shape index (κ3) is 7.71. The maximum atomic E-state index is 6.19. The maximum absolute atomic E-state index is 6.19. The van der Waals surface area contributed by atoms with Crippen molar-refractivity contribution in [2.75, 3.05) is 6.61 Å². The Balaban J connectivity index is 2.44. The van der Waals surface area contributed by atoms with E-state index < -0.39 is 8.56 Å². The van der Waals surface area contributed by atoms with Crippen LogP contribution in [0, 0.1) is 0 Å². The molecule has 1 aromatic rings. The molecule has 0 saturated heterocycles. The van der Waals surface area contributed by atoms with Gasteiger partial charge in [0, 0.05) is 6.61 Å². The lowest BCUT2D eigenvalue weighted by atomic mass is 10.1. The van der Waals surface area contributed by atoms with Crippen LogP contribution in [-0.2, 0) is 4.43 Å². The van der Waals surface area contributed by atoms with Crippen molar-refractivity contribution >= 4 is 55.0 Å². The Labute approximate surface area is 167 Å². The van der Waals surface area contributed by atoms with E-state index in [0.29, 0.717) is 22.4 Å². The lowest BCUT2D eigenvalue weighted by Crippen LogP contribution is -2.39. The Bertz CT molecular complexity index is 498. The summed E-state index contributed by atoms with van der Waals surface area (Å²) in [4.78, 5) is 0. The van der Waals surface area contributed by atoms with Crippen LogP contribution in [0.4, 0.5) is 0 Å². The summed E-state index contributed by atoms with van der Waals surface area (Å²) in [5.74, 6) is 0.312. The molecule has 1 aromatic carbocycles. The second-order valence-corrected chi connectivity index (χ2v) is 11.1. The zero-order valence-corrected chi connectivity index (χ0v) is 18.6. The molecule has 0 radical (unpaired) electrons. The Morgan fingerprint density at radius 3 is 1.88 bits per heavy atom. The van der Waals surface area contributed by atoms with Gasteiger partial charge < -0.3 is 8.85 Å². The lowest BCUT2D eigenvalue weighted by molar-refractivity contribution is 0.241. The first-order chi connectivity index (χ1) is 11.3. The lowest BCUT2D eigenvalue weighted by Gasteiger charge is -2.25. The van der Waals surface area contributed by atoms with E-state index in [1.165, 1.54) is 44.6 Å². The van der Waals surface area contributed by atoms with Gasteiger partial charge in [0.15, 0.2) is 0 Å². The van der Waals surface area contributed by atoms with Crippen molar-refractivity contribution in [2.45, 2.75) is 65.0 Å². The third-order valence-corrected chi connectivity index (χ3v) is 6.75. The number of benzene rings is 1. The molecular formula is C17H26Cl4O2Si. The molecule has 0 heterocycles. The molecule has 0 aromatic heterocycles. The molecule has 0 aliphatic rings. The van der Waals surface area contributed by atoms with Crippen molar-refractivity contribution in [2.24, 2.45) is 0 Å². The number of hydrogen-bond acceptors (Lipinski definition) is 2. The summed E-state index contributed by atoms with van der Waals surface area (Å²) >= 11 is 24.4. The van der Waals surface area contributed by atoms with Gasteiger partial charge in [0.1, 0.15) is 15.8 Å². The summed E-state index contributed by atoms with van der Waals surface area (Å²) in [5, 5.41) is 1.17. The predicted molar refractivity (Wildman–Crippen MR) is 109 cm³/mol. The molecule has 0 aliphatic heterocycles. The fraction of sp³-hybridized carbons (Fsp3) is 0.647. The van der Waals surface area contributed by atoms with Gasteiger partial charge in [-0.3, -0.25) is 0 Å². The Morgan fingerprint density at radius 2 is 1.33 bits per heavy atom. The fourth-order valence-electron chi connectivity index (χ4n) is 2.29. The van der Waals surface area contributed by atoms with E-state index in [0.717, 1.165) is 6.42 Å². The first-order valence-corrected chi connectivity index (χ1v) is 12.8. The summed E-state index contributed by atoms with van der Waals surface area (Å²) in [6.45, 7) is 6.81. The molecule has 0 spiro atoms. The molecule has 0 aliphatic carbocycles. The van der Waals surface area contributed by atoms with Crippen molar-refractivity contribution in [1.82, 2.24) is 0 Å². The Hall–Kier alpha value is 0.357. The van der Waals surface area contributed by atoms with Crippen molar-refractivity contribution in [3.8, 4) is 5.75 Å². The largest absolute Gasteiger partial charge is 0.518 e. The van der Waals surface area contributed by atoms with E-state index in [2.05, 4.69) is 6.92 Å². The van der Waals surface area contributed by atoms with E-state index in [1.807, 2.05) is 13.1 Å². The van der Waals surface area contributed by atoms with Crippen LogP contribution in [0.2, 0.25) is 33.2 Å². The molecule has 0 atom stereocenters.